The van der Waals surface area contributed by atoms with Crippen LogP contribution in [0.1, 0.15) is 15.9 Å². The number of carbonyl (C=O) groups excluding carboxylic acids is 1. The number of aromatic nitrogens is 1. The van der Waals surface area contributed by atoms with Gasteiger partial charge in [0.1, 0.15) is 5.52 Å². The average molecular weight is 433 g/mol. The summed E-state index contributed by atoms with van der Waals surface area (Å²) < 4.78 is 32.4. The minimum absolute atomic E-state index is 0.0296. The molecular formula is C21H12Cl2F2N2O2. The number of oxazole rings is 1. The van der Waals surface area contributed by atoms with Gasteiger partial charge in [0.2, 0.25) is 5.89 Å². The summed E-state index contributed by atoms with van der Waals surface area (Å²) in [5.74, 6) is -2.46. The molecule has 0 aliphatic heterocycles. The first-order chi connectivity index (χ1) is 13.8. The third kappa shape index (κ3) is 3.81. The summed E-state index contributed by atoms with van der Waals surface area (Å²) in [5, 5.41) is 3.06. The highest BCUT2D eigenvalue weighted by molar-refractivity contribution is 6.34. The second-order valence-electron chi connectivity index (χ2n) is 6.39. The van der Waals surface area contributed by atoms with Crippen molar-refractivity contribution in [3.8, 4) is 11.5 Å². The van der Waals surface area contributed by atoms with Gasteiger partial charge in [-0.25, -0.2) is 13.8 Å². The van der Waals surface area contributed by atoms with E-state index in [9.17, 15) is 13.6 Å². The summed E-state index contributed by atoms with van der Waals surface area (Å²) in [6, 6.07) is 11.7. The Labute approximate surface area is 174 Å². The summed E-state index contributed by atoms with van der Waals surface area (Å²) >= 11 is 12.1. The Kier molecular flexibility index (Phi) is 4.98. The molecule has 4 nitrogen and oxygen atoms in total. The lowest BCUT2D eigenvalue weighted by Gasteiger charge is -2.07. The molecule has 29 heavy (non-hydrogen) atoms. The number of hydrogen-bond acceptors (Lipinski definition) is 3. The molecule has 1 aromatic heterocycles. The molecule has 0 aliphatic carbocycles. The molecular weight excluding hydrogens is 421 g/mol. The van der Waals surface area contributed by atoms with Crippen LogP contribution < -0.4 is 5.32 Å². The van der Waals surface area contributed by atoms with Crippen LogP contribution in [0.4, 0.5) is 14.5 Å². The fourth-order valence-electron chi connectivity index (χ4n) is 2.81. The topological polar surface area (TPSA) is 55.1 Å². The zero-order chi connectivity index (χ0) is 20.7. The van der Waals surface area contributed by atoms with Crippen molar-refractivity contribution in [1.29, 1.82) is 0 Å². The van der Waals surface area contributed by atoms with Gasteiger partial charge in [0, 0.05) is 5.69 Å². The van der Waals surface area contributed by atoms with Gasteiger partial charge in [-0.2, -0.15) is 0 Å². The summed E-state index contributed by atoms with van der Waals surface area (Å²) in [5.41, 5.74) is 2.68. The van der Waals surface area contributed by atoms with E-state index in [1.807, 2.05) is 6.92 Å². The first-order valence-electron chi connectivity index (χ1n) is 8.45. The lowest BCUT2D eigenvalue weighted by molar-refractivity contribution is 0.102. The van der Waals surface area contributed by atoms with E-state index in [4.69, 9.17) is 27.6 Å². The number of anilines is 1. The van der Waals surface area contributed by atoms with Gasteiger partial charge in [0.15, 0.2) is 17.2 Å². The minimum atomic E-state index is -1.06. The van der Waals surface area contributed by atoms with Crippen LogP contribution in [0, 0.1) is 18.6 Å². The Morgan fingerprint density at radius 2 is 1.76 bits per heavy atom. The van der Waals surface area contributed by atoms with E-state index in [-0.39, 0.29) is 22.4 Å². The van der Waals surface area contributed by atoms with Crippen molar-refractivity contribution < 1.29 is 18.0 Å². The summed E-state index contributed by atoms with van der Waals surface area (Å²) in [6.07, 6.45) is 0. The molecule has 1 amide bonds. The largest absolute Gasteiger partial charge is 0.436 e. The molecule has 0 saturated carbocycles. The van der Waals surface area contributed by atoms with E-state index >= 15 is 0 Å². The number of benzene rings is 3. The van der Waals surface area contributed by atoms with Crippen LogP contribution in [-0.4, -0.2) is 10.9 Å². The second kappa shape index (κ2) is 7.46. The molecule has 4 rings (SSSR count). The standard InChI is InChI=1S/C21H12Cl2F2N2O2/c1-10-2-4-12(14(22)6-10)20(28)26-11-3-5-19-18(7-11)27-21(29-19)13-8-16(24)17(25)9-15(13)23/h2-9H,1H3,(H,26,28). The number of amides is 1. The minimum Gasteiger partial charge on any atom is -0.436 e. The van der Waals surface area contributed by atoms with Gasteiger partial charge < -0.3 is 9.73 Å². The molecule has 0 atom stereocenters. The number of nitrogens with one attached hydrogen (secondary N) is 1. The lowest BCUT2D eigenvalue weighted by Crippen LogP contribution is -2.12. The van der Waals surface area contributed by atoms with Crippen molar-refractivity contribution in [2.45, 2.75) is 6.92 Å². The highest BCUT2D eigenvalue weighted by Crippen LogP contribution is 2.32. The first kappa shape index (κ1) is 19.4. The number of halogens is 4. The predicted octanol–water partition coefficient (Wildman–Crippen LogP) is 6.64. The zero-order valence-corrected chi connectivity index (χ0v) is 16.4. The molecule has 0 unspecified atom stereocenters. The Bertz CT molecular complexity index is 1270. The maximum absolute atomic E-state index is 13.6. The van der Waals surface area contributed by atoms with Crippen molar-refractivity contribution in [2.75, 3.05) is 5.32 Å². The van der Waals surface area contributed by atoms with Gasteiger partial charge in [-0.15, -0.1) is 0 Å². The number of carbonyl (C=O) groups is 1. The summed E-state index contributed by atoms with van der Waals surface area (Å²) in [4.78, 5) is 16.8. The SMILES string of the molecule is Cc1ccc(C(=O)Nc2ccc3oc(-c4cc(F)c(F)cc4Cl)nc3c2)c(Cl)c1. The first-order valence-corrected chi connectivity index (χ1v) is 9.20. The maximum atomic E-state index is 13.6. The molecule has 0 spiro atoms. The zero-order valence-electron chi connectivity index (χ0n) is 14.9. The normalized spacial score (nSPS) is 11.1. The van der Waals surface area contributed by atoms with Crippen molar-refractivity contribution >= 4 is 45.9 Å². The molecule has 0 radical (unpaired) electrons. The lowest BCUT2D eigenvalue weighted by atomic mass is 10.1. The molecule has 3 aromatic carbocycles. The van der Waals surface area contributed by atoms with E-state index in [0.29, 0.717) is 27.4 Å². The Balaban J connectivity index is 1.65. The third-order valence-electron chi connectivity index (χ3n) is 4.26. The fraction of sp³-hybridized carbons (Fsp3) is 0.0476. The smallest absolute Gasteiger partial charge is 0.257 e. The molecule has 4 aromatic rings. The van der Waals surface area contributed by atoms with Gasteiger partial charge >= 0.3 is 0 Å². The Morgan fingerprint density at radius 3 is 2.52 bits per heavy atom. The van der Waals surface area contributed by atoms with E-state index in [2.05, 4.69) is 10.3 Å². The van der Waals surface area contributed by atoms with Crippen LogP contribution in [-0.2, 0) is 0 Å². The highest BCUT2D eigenvalue weighted by atomic mass is 35.5. The third-order valence-corrected chi connectivity index (χ3v) is 4.88. The van der Waals surface area contributed by atoms with Crippen molar-refractivity contribution in [1.82, 2.24) is 4.98 Å². The summed E-state index contributed by atoms with van der Waals surface area (Å²) in [6.45, 7) is 1.88. The van der Waals surface area contributed by atoms with Crippen LogP contribution in [0.5, 0.6) is 0 Å². The van der Waals surface area contributed by atoms with E-state index < -0.39 is 11.6 Å². The average Bonchev–Trinajstić information content (AvgIpc) is 3.07. The van der Waals surface area contributed by atoms with Crippen molar-refractivity contribution in [2.24, 2.45) is 0 Å². The predicted molar refractivity (Wildman–Crippen MR) is 109 cm³/mol. The van der Waals surface area contributed by atoms with Gasteiger partial charge in [0.25, 0.3) is 5.91 Å². The monoisotopic (exact) mass is 432 g/mol. The number of aryl methyl sites for hydroxylation is 1. The quantitative estimate of drug-likeness (QED) is 0.369. The number of rotatable bonds is 3. The fourth-order valence-corrected chi connectivity index (χ4v) is 3.36. The molecule has 1 N–H and O–H groups in total. The van der Waals surface area contributed by atoms with Crippen LogP contribution in [0.3, 0.4) is 0 Å². The Morgan fingerprint density at radius 1 is 1.00 bits per heavy atom. The van der Waals surface area contributed by atoms with Crippen LogP contribution in [0.15, 0.2) is 52.9 Å². The molecule has 1 heterocycles. The molecule has 146 valence electrons. The molecule has 0 bridgehead atoms. The van der Waals surface area contributed by atoms with Crippen LogP contribution in [0.2, 0.25) is 10.0 Å². The molecule has 0 aliphatic rings. The highest BCUT2D eigenvalue weighted by Gasteiger charge is 2.17. The number of nitrogens with zero attached hydrogens (tertiary/aromatic N) is 1. The van der Waals surface area contributed by atoms with E-state index in [0.717, 1.165) is 17.7 Å². The summed E-state index contributed by atoms with van der Waals surface area (Å²) in [7, 11) is 0. The molecule has 0 fully saturated rings. The van der Waals surface area contributed by atoms with Crippen LogP contribution in [0.25, 0.3) is 22.6 Å². The maximum Gasteiger partial charge on any atom is 0.257 e. The van der Waals surface area contributed by atoms with Gasteiger partial charge in [-0.1, -0.05) is 29.3 Å². The van der Waals surface area contributed by atoms with Gasteiger partial charge in [-0.05, 0) is 55.0 Å². The number of hydrogen-bond donors (Lipinski definition) is 1. The Hall–Kier alpha value is -2.96. The van der Waals surface area contributed by atoms with Gasteiger partial charge in [-0.3, -0.25) is 4.79 Å². The van der Waals surface area contributed by atoms with Crippen molar-refractivity contribution in [3.05, 3.63) is 81.3 Å². The molecule has 8 heteroatoms. The van der Waals surface area contributed by atoms with E-state index in [1.165, 1.54) is 0 Å². The molecule has 0 saturated heterocycles. The van der Waals surface area contributed by atoms with Crippen LogP contribution >= 0.6 is 23.2 Å². The van der Waals surface area contributed by atoms with Gasteiger partial charge in [0.05, 0.1) is 21.2 Å². The number of fused-ring (bicyclic) bond motifs is 1. The van der Waals surface area contributed by atoms with E-state index in [1.54, 1.807) is 36.4 Å². The second-order valence-corrected chi connectivity index (χ2v) is 7.20. The van der Waals surface area contributed by atoms with Crippen molar-refractivity contribution in [3.63, 3.8) is 0 Å².